The molecule has 2 rings (SSSR count). The Bertz CT molecular complexity index is 440. The lowest BCUT2D eigenvalue weighted by Gasteiger charge is -2.40. The molecule has 1 aromatic rings. The van der Waals surface area contributed by atoms with Gasteiger partial charge in [0.1, 0.15) is 6.10 Å². The van der Waals surface area contributed by atoms with Crippen LogP contribution in [0.25, 0.3) is 0 Å². The van der Waals surface area contributed by atoms with Gasteiger partial charge in [0.15, 0.2) is 11.5 Å². The van der Waals surface area contributed by atoms with Crippen LogP contribution in [0, 0.1) is 12.3 Å². The summed E-state index contributed by atoms with van der Waals surface area (Å²) in [6.45, 7) is 6.21. The Labute approximate surface area is 115 Å². The van der Waals surface area contributed by atoms with Crippen LogP contribution < -0.4 is 9.47 Å². The molecule has 2 atom stereocenters. The molecule has 0 bridgehead atoms. The smallest absolute Gasteiger partial charge is 0.161 e. The largest absolute Gasteiger partial charge is 0.493 e. The third-order valence-electron chi connectivity index (χ3n) is 4.06. The Balaban J connectivity index is 2.17. The number of ether oxygens (including phenoxy) is 2. The molecule has 3 nitrogen and oxygen atoms in total. The first-order valence-corrected chi connectivity index (χ1v) is 6.93. The van der Waals surface area contributed by atoms with Crippen molar-refractivity contribution in [2.75, 3.05) is 7.11 Å². The molecule has 1 N–H and O–H groups in total. The van der Waals surface area contributed by atoms with Gasteiger partial charge in [-0.05, 0) is 49.3 Å². The maximum Gasteiger partial charge on any atom is 0.161 e. The molecule has 19 heavy (non-hydrogen) atoms. The Morgan fingerprint density at radius 1 is 1.26 bits per heavy atom. The van der Waals surface area contributed by atoms with Gasteiger partial charge >= 0.3 is 0 Å². The van der Waals surface area contributed by atoms with Gasteiger partial charge in [0.25, 0.3) is 0 Å². The highest BCUT2D eigenvalue weighted by Crippen LogP contribution is 2.39. The topological polar surface area (TPSA) is 38.7 Å². The Hall–Kier alpha value is -1.22. The monoisotopic (exact) mass is 264 g/mol. The van der Waals surface area contributed by atoms with Crippen molar-refractivity contribution >= 4 is 0 Å². The molecule has 1 fully saturated rings. The van der Waals surface area contributed by atoms with Crippen molar-refractivity contribution in [3.8, 4) is 11.5 Å². The summed E-state index contributed by atoms with van der Waals surface area (Å²) < 4.78 is 11.4. The van der Waals surface area contributed by atoms with E-state index in [2.05, 4.69) is 13.8 Å². The van der Waals surface area contributed by atoms with Crippen LogP contribution in [0.2, 0.25) is 0 Å². The SMILES string of the molecule is COc1cc(C)ccc1OC1CCCC(C)(C)C1O. The van der Waals surface area contributed by atoms with Gasteiger partial charge in [-0.3, -0.25) is 0 Å². The van der Waals surface area contributed by atoms with E-state index in [0.717, 1.165) is 36.3 Å². The zero-order valence-corrected chi connectivity index (χ0v) is 12.3. The lowest BCUT2D eigenvalue weighted by atomic mass is 9.73. The maximum absolute atomic E-state index is 10.4. The highest BCUT2D eigenvalue weighted by Gasteiger charge is 2.39. The summed E-state index contributed by atoms with van der Waals surface area (Å²) in [6.07, 6.45) is 2.43. The van der Waals surface area contributed by atoms with Crippen molar-refractivity contribution in [1.29, 1.82) is 0 Å². The van der Waals surface area contributed by atoms with Crippen LogP contribution in [0.3, 0.4) is 0 Å². The average Bonchev–Trinajstić information content (AvgIpc) is 2.37. The van der Waals surface area contributed by atoms with E-state index in [9.17, 15) is 5.11 Å². The van der Waals surface area contributed by atoms with Crippen LogP contribution >= 0.6 is 0 Å². The van der Waals surface area contributed by atoms with Gasteiger partial charge in [0.2, 0.25) is 0 Å². The Morgan fingerprint density at radius 2 is 2.00 bits per heavy atom. The fraction of sp³-hybridized carbons (Fsp3) is 0.625. The first-order chi connectivity index (χ1) is 8.94. The molecule has 1 aliphatic rings. The third-order valence-corrected chi connectivity index (χ3v) is 4.06. The summed E-state index contributed by atoms with van der Waals surface area (Å²) in [4.78, 5) is 0. The molecule has 1 aromatic carbocycles. The molecule has 1 saturated carbocycles. The molecule has 0 spiro atoms. The summed E-state index contributed by atoms with van der Waals surface area (Å²) in [7, 11) is 1.64. The standard InChI is InChI=1S/C16H24O3/c1-11-7-8-12(14(10-11)18-4)19-13-6-5-9-16(2,3)15(13)17/h7-8,10,13,15,17H,5-6,9H2,1-4H3. The second kappa shape index (κ2) is 5.41. The Kier molecular flexibility index (Phi) is 4.04. The highest BCUT2D eigenvalue weighted by atomic mass is 16.5. The van der Waals surface area contributed by atoms with E-state index in [1.54, 1.807) is 7.11 Å². The second-order valence-corrected chi connectivity index (χ2v) is 6.14. The number of rotatable bonds is 3. The van der Waals surface area contributed by atoms with Gasteiger partial charge < -0.3 is 14.6 Å². The predicted molar refractivity (Wildman–Crippen MR) is 75.8 cm³/mol. The van der Waals surface area contributed by atoms with Crippen LogP contribution in [0.4, 0.5) is 0 Å². The lowest BCUT2D eigenvalue weighted by molar-refractivity contribution is -0.0695. The van der Waals surface area contributed by atoms with Crippen molar-refractivity contribution in [2.45, 2.75) is 52.2 Å². The molecule has 106 valence electrons. The van der Waals surface area contributed by atoms with Gasteiger partial charge in [-0.2, -0.15) is 0 Å². The van der Waals surface area contributed by atoms with Gasteiger partial charge in [-0.1, -0.05) is 19.9 Å². The summed E-state index contributed by atoms with van der Waals surface area (Å²) >= 11 is 0. The van der Waals surface area contributed by atoms with Crippen LogP contribution in [0.15, 0.2) is 18.2 Å². The van der Waals surface area contributed by atoms with E-state index in [1.165, 1.54) is 0 Å². The maximum atomic E-state index is 10.4. The Morgan fingerprint density at radius 3 is 2.68 bits per heavy atom. The van der Waals surface area contributed by atoms with E-state index in [-0.39, 0.29) is 11.5 Å². The van der Waals surface area contributed by atoms with Crippen LogP contribution in [-0.2, 0) is 0 Å². The van der Waals surface area contributed by atoms with Crippen molar-refractivity contribution in [2.24, 2.45) is 5.41 Å². The predicted octanol–water partition coefficient (Wildman–Crippen LogP) is 3.32. The fourth-order valence-electron chi connectivity index (χ4n) is 2.73. The van der Waals surface area contributed by atoms with E-state index in [0.29, 0.717) is 0 Å². The molecule has 0 aromatic heterocycles. The number of methoxy groups -OCH3 is 1. The second-order valence-electron chi connectivity index (χ2n) is 6.14. The van der Waals surface area contributed by atoms with Crippen LogP contribution in [0.5, 0.6) is 11.5 Å². The number of hydrogen-bond donors (Lipinski definition) is 1. The third kappa shape index (κ3) is 3.03. The molecule has 2 unspecified atom stereocenters. The minimum absolute atomic E-state index is 0.0825. The lowest BCUT2D eigenvalue weighted by Crippen LogP contribution is -2.46. The van der Waals surface area contributed by atoms with E-state index in [1.807, 2.05) is 25.1 Å². The molecular weight excluding hydrogens is 240 g/mol. The molecule has 0 aliphatic heterocycles. The van der Waals surface area contributed by atoms with Crippen molar-refractivity contribution in [1.82, 2.24) is 0 Å². The fourth-order valence-corrected chi connectivity index (χ4v) is 2.73. The average molecular weight is 264 g/mol. The van der Waals surface area contributed by atoms with Crippen molar-refractivity contribution < 1.29 is 14.6 Å². The quantitative estimate of drug-likeness (QED) is 0.910. The molecular formula is C16H24O3. The minimum atomic E-state index is -0.438. The number of aliphatic hydroxyl groups excluding tert-OH is 1. The molecule has 0 heterocycles. The zero-order chi connectivity index (χ0) is 14.0. The van der Waals surface area contributed by atoms with Crippen molar-refractivity contribution in [3.63, 3.8) is 0 Å². The molecule has 0 saturated heterocycles. The normalized spacial score (nSPS) is 25.9. The number of hydrogen-bond acceptors (Lipinski definition) is 3. The van der Waals surface area contributed by atoms with Crippen LogP contribution in [0.1, 0.15) is 38.7 Å². The van der Waals surface area contributed by atoms with Crippen LogP contribution in [-0.4, -0.2) is 24.4 Å². The summed E-state index contributed by atoms with van der Waals surface area (Å²) in [6, 6.07) is 5.87. The highest BCUT2D eigenvalue weighted by molar-refractivity contribution is 5.42. The van der Waals surface area contributed by atoms with E-state index >= 15 is 0 Å². The molecule has 3 heteroatoms. The first kappa shape index (κ1) is 14.2. The van der Waals surface area contributed by atoms with Gasteiger partial charge in [-0.15, -0.1) is 0 Å². The summed E-state index contributed by atoms with van der Waals surface area (Å²) in [5.41, 5.74) is 1.05. The van der Waals surface area contributed by atoms with Gasteiger partial charge in [0, 0.05) is 0 Å². The van der Waals surface area contributed by atoms with E-state index in [4.69, 9.17) is 9.47 Å². The zero-order valence-electron chi connectivity index (χ0n) is 12.3. The van der Waals surface area contributed by atoms with Gasteiger partial charge in [-0.25, -0.2) is 0 Å². The molecule has 0 radical (unpaired) electrons. The molecule has 1 aliphatic carbocycles. The summed E-state index contributed by atoms with van der Waals surface area (Å²) in [5, 5.41) is 10.4. The minimum Gasteiger partial charge on any atom is -0.493 e. The molecule has 0 amide bonds. The van der Waals surface area contributed by atoms with Gasteiger partial charge in [0.05, 0.1) is 13.2 Å². The number of aliphatic hydroxyl groups is 1. The van der Waals surface area contributed by atoms with Crippen molar-refractivity contribution in [3.05, 3.63) is 23.8 Å². The first-order valence-electron chi connectivity index (χ1n) is 6.93. The van der Waals surface area contributed by atoms with E-state index < -0.39 is 6.10 Å². The summed E-state index contributed by atoms with van der Waals surface area (Å²) in [5.74, 6) is 1.45. The number of benzene rings is 1. The number of aryl methyl sites for hydroxylation is 1.